The van der Waals surface area contributed by atoms with Crippen LogP contribution in [-0.4, -0.2) is 33.8 Å². The molecule has 2 aromatic rings. The molecular formula is C20H23NO5. The van der Waals surface area contributed by atoms with Crippen LogP contribution in [0.25, 0.3) is 0 Å². The van der Waals surface area contributed by atoms with Gasteiger partial charge in [-0.25, -0.2) is 0 Å². The Morgan fingerprint density at radius 2 is 1.77 bits per heavy atom. The van der Waals surface area contributed by atoms with Crippen LogP contribution < -0.4 is 24.3 Å². The summed E-state index contributed by atoms with van der Waals surface area (Å²) in [5, 5.41) is 2.92. The number of methoxy groups -OCH3 is 3. The van der Waals surface area contributed by atoms with E-state index in [9.17, 15) is 4.79 Å². The smallest absolute Gasteiger partial charge is 0.225 e. The van der Waals surface area contributed by atoms with Gasteiger partial charge in [0.1, 0.15) is 5.75 Å². The maximum absolute atomic E-state index is 12.4. The molecule has 1 amide bonds. The molecule has 0 radical (unpaired) electrons. The molecular weight excluding hydrogens is 334 g/mol. The van der Waals surface area contributed by atoms with Crippen molar-refractivity contribution in [2.45, 2.75) is 19.3 Å². The number of carbonyl (C=O) groups excluding carboxylic acids is 1. The van der Waals surface area contributed by atoms with E-state index < -0.39 is 0 Å². The Bertz CT molecular complexity index is 818. The fourth-order valence-corrected chi connectivity index (χ4v) is 3.44. The maximum atomic E-state index is 12.4. The Morgan fingerprint density at radius 1 is 1.04 bits per heavy atom. The highest BCUT2D eigenvalue weighted by molar-refractivity contribution is 5.97. The lowest BCUT2D eigenvalue weighted by Crippen LogP contribution is -2.24. The second-order valence-electron chi connectivity index (χ2n) is 5.88. The van der Waals surface area contributed by atoms with E-state index in [1.807, 2.05) is 31.2 Å². The molecule has 1 aliphatic heterocycles. The van der Waals surface area contributed by atoms with Gasteiger partial charge < -0.3 is 24.3 Å². The third kappa shape index (κ3) is 3.03. The summed E-state index contributed by atoms with van der Waals surface area (Å²) in [4.78, 5) is 12.4. The molecule has 26 heavy (non-hydrogen) atoms. The number of ether oxygens (including phenoxy) is 4. The van der Waals surface area contributed by atoms with E-state index in [0.717, 1.165) is 16.9 Å². The minimum Gasteiger partial charge on any atom is -0.494 e. The highest BCUT2D eigenvalue weighted by Crippen LogP contribution is 2.52. The zero-order valence-corrected chi connectivity index (χ0v) is 15.4. The fraction of sp³-hybridized carbons (Fsp3) is 0.350. The van der Waals surface area contributed by atoms with Crippen molar-refractivity contribution in [1.29, 1.82) is 0 Å². The molecule has 1 atom stereocenters. The molecule has 0 saturated carbocycles. The lowest BCUT2D eigenvalue weighted by atomic mass is 9.83. The first-order valence-corrected chi connectivity index (χ1v) is 8.49. The monoisotopic (exact) mass is 357 g/mol. The van der Waals surface area contributed by atoms with Gasteiger partial charge in [-0.3, -0.25) is 4.79 Å². The van der Waals surface area contributed by atoms with Gasteiger partial charge in [-0.15, -0.1) is 0 Å². The molecule has 6 nitrogen and oxygen atoms in total. The van der Waals surface area contributed by atoms with Crippen LogP contribution in [-0.2, 0) is 4.79 Å². The van der Waals surface area contributed by atoms with Crippen LogP contribution in [0.1, 0.15) is 30.4 Å². The van der Waals surface area contributed by atoms with Crippen LogP contribution in [0.5, 0.6) is 23.0 Å². The van der Waals surface area contributed by atoms with E-state index in [1.165, 1.54) is 0 Å². The van der Waals surface area contributed by atoms with Gasteiger partial charge in [0.2, 0.25) is 11.7 Å². The number of rotatable bonds is 6. The zero-order valence-electron chi connectivity index (χ0n) is 15.4. The van der Waals surface area contributed by atoms with Crippen molar-refractivity contribution in [3.8, 4) is 23.0 Å². The summed E-state index contributed by atoms with van der Waals surface area (Å²) < 4.78 is 22.4. The number of nitrogens with one attached hydrogen (secondary N) is 1. The molecule has 1 N–H and O–H groups in total. The molecule has 0 bridgehead atoms. The molecule has 1 aliphatic rings. The van der Waals surface area contributed by atoms with Crippen LogP contribution in [0.3, 0.4) is 0 Å². The van der Waals surface area contributed by atoms with E-state index in [2.05, 4.69) is 5.32 Å². The average Bonchev–Trinajstić information content (AvgIpc) is 2.66. The Hall–Kier alpha value is -2.89. The van der Waals surface area contributed by atoms with Gasteiger partial charge in [-0.05, 0) is 13.0 Å². The van der Waals surface area contributed by atoms with Crippen molar-refractivity contribution in [3.63, 3.8) is 0 Å². The summed E-state index contributed by atoms with van der Waals surface area (Å²) in [6.07, 6.45) is 0.295. The van der Waals surface area contributed by atoms with Gasteiger partial charge in [0.15, 0.2) is 11.5 Å². The normalized spacial score (nSPS) is 15.7. The number of para-hydroxylation sites is 1. The van der Waals surface area contributed by atoms with Crippen LogP contribution in [0.4, 0.5) is 5.69 Å². The number of benzene rings is 2. The first-order chi connectivity index (χ1) is 12.6. The predicted octanol–water partition coefficient (Wildman–Crippen LogP) is 3.59. The van der Waals surface area contributed by atoms with Crippen LogP contribution >= 0.6 is 0 Å². The number of amides is 1. The van der Waals surface area contributed by atoms with Crippen molar-refractivity contribution < 1.29 is 23.7 Å². The first-order valence-electron chi connectivity index (χ1n) is 8.49. The summed E-state index contributed by atoms with van der Waals surface area (Å²) in [6.45, 7) is 2.48. The Balaban J connectivity index is 2.25. The van der Waals surface area contributed by atoms with Gasteiger partial charge in [0, 0.05) is 29.5 Å². The number of hydrogen-bond donors (Lipinski definition) is 1. The SMILES string of the molecule is CCOc1ccccc1[C@H]1CC(=O)Nc2cc(OC)c(OC)c(OC)c21. The van der Waals surface area contributed by atoms with E-state index in [-0.39, 0.29) is 11.8 Å². The summed E-state index contributed by atoms with van der Waals surface area (Å²) >= 11 is 0. The number of anilines is 1. The molecule has 1 heterocycles. The topological polar surface area (TPSA) is 66.0 Å². The van der Waals surface area contributed by atoms with Crippen molar-refractivity contribution in [1.82, 2.24) is 0 Å². The molecule has 6 heteroatoms. The largest absolute Gasteiger partial charge is 0.494 e. The Kier molecular flexibility index (Phi) is 5.21. The van der Waals surface area contributed by atoms with E-state index >= 15 is 0 Å². The van der Waals surface area contributed by atoms with Crippen LogP contribution in [0.2, 0.25) is 0 Å². The highest BCUT2D eigenvalue weighted by atomic mass is 16.5. The average molecular weight is 357 g/mol. The van der Waals surface area contributed by atoms with Gasteiger partial charge in [-0.2, -0.15) is 0 Å². The quantitative estimate of drug-likeness (QED) is 0.856. The number of fused-ring (bicyclic) bond motifs is 1. The summed E-state index contributed by atoms with van der Waals surface area (Å²) in [7, 11) is 4.70. The molecule has 0 aliphatic carbocycles. The van der Waals surface area contributed by atoms with Gasteiger partial charge >= 0.3 is 0 Å². The predicted molar refractivity (Wildman–Crippen MR) is 98.8 cm³/mol. The fourth-order valence-electron chi connectivity index (χ4n) is 3.44. The van der Waals surface area contributed by atoms with Crippen molar-refractivity contribution in [3.05, 3.63) is 41.5 Å². The van der Waals surface area contributed by atoms with Crippen LogP contribution in [0.15, 0.2) is 30.3 Å². The Labute approximate surface area is 153 Å². The molecule has 0 spiro atoms. The molecule has 0 unspecified atom stereocenters. The third-order valence-electron chi connectivity index (χ3n) is 4.47. The Morgan fingerprint density at radius 3 is 2.42 bits per heavy atom. The zero-order chi connectivity index (χ0) is 18.7. The van der Waals surface area contributed by atoms with Crippen molar-refractivity contribution in [2.24, 2.45) is 0 Å². The molecule has 0 aromatic heterocycles. The summed E-state index contributed by atoms with van der Waals surface area (Å²) in [5.74, 6) is 2.04. The highest BCUT2D eigenvalue weighted by Gasteiger charge is 2.34. The maximum Gasteiger partial charge on any atom is 0.225 e. The second-order valence-corrected chi connectivity index (χ2v) is 5.88. The van der Waals surface area contributed by atoms with E-state index in [0.29, 0.717) is 36.0 Å². The standard InChI is InChI=1S/C20H23NO5/c1-5-26-15-9-7-6-8-12(15)13-10-17(22)21-14-11-16(23-2)19(24-3)20(25-4)18(13)14/h6-9,11,13H,5,10H2,1-4H3,(H,21,22)/t13-/m1/s1. The summed E-state index contributed by atoms with van der Waals surface area (Å²) in [5.41, 5.74) is 2.46. The minimum absolute atomic E-state index is 0.0666. The van der Waals surface area contributed by atoms with Gasteiger partial charge in [0.05, 0.1) is 33.6 Å². The molecule has 138 valence electrons. The second kappa shape index (κ2) is 7.56. The lowest BCUT2D eigenvalue weighted by molar-refractivity contribution is -0.116. The van der Waals surface area contributed by atoms with Crippen molar-refractivity contribution >= 4 is 11.6 Å². The third-order valence-corrected chi connectivity index (χ3v) is 4.47. The number of carbonyl (C=O) groups is 1. The number of hydrogen-bond acceptors (Lipinski definition) is 5. The molecule has 2 aromatic carbocycles. The lowest BCUT2D eigenvalue weighted by Gasteiger charge is -2.30. The van der Waals surface area contributed by atoms with Gasteiger partial charge in [-0.1, -0.05) is 18.2 Å². The molecule has 0 fully saturated rings. The molecule has 0 saturated heterocycles. The summed E-state index contributed by atoms with van der Waals surface area (Å²) in [6, 6.07) is 9.53. The van der Waals surface area contributed by atoms with Crippen molar-refractivity contribution in [2.75, 3.05) is 33.3 Å². The molecule has 3 rings (SSSR count). The van der Waals surface area contributed by atoms with E-state index in [4.69, 9.17) is 18.9 Å². The first kappa shape index (κ1) is 17.9. The van der Waals surface area contributed by atoms with E-state index in [1.54, 1.807) is 27.4 Å². The van der Waals surface area contributed by atoms with Gasteiger partial charge in [0.25, 0.3) is 0 Å². The van der Waals surface area contributed by atoms with Crippen LogP contribution in [0, 0.1) is 0 Å². The minimum atomic E-state index is -0.212.